The molecule has 0 N–H and O–H groups in total. The fraction of sp³-hybridized carbons (Fsp3) is 0.571. The van der Waals surface area contributed by atoms with Gasteiger partial charge in [-0.3, -0.25) is 0 Å². The summed E-state index contributed by atoms with van der Waals surface area (Å²) < 4.78 is 28.4. The van der Waals surface area contributed by atoms with E-state index in [9.17, 15) is 8.78 Å². The van der Waals surface area contributed by atoms with Crippen LogP contribution in [0.2, 0.25) is 0 Å². The molecule has 2 rings (SSSR count). The summed E-state index contributed by atoms with van der Waals surface area (Å²) in [5, 5.41) is 0. The lowest BCUT2D eigenvalue weighted by Crippen LogP contribution is -2.20. The van der Waals surface area contributed by atoms with Crippen molar-refractivity contribution in [2.45, 2.75) is 46.5 Å². The van der Waals surface area contributed by atoms with Crippen LogP contribution in [0.4, 0.5) is 8.78 Å². The molecule has 1 fully saturated rings. The normalized spacial score (nSPS) is 16.6. The second-order valence-corrected chi connectivity index (χ2v) is 5.03. The molecule has 0 aromatic heterocycles. The molecule has 1 saturated carbocycles. The molecule has 0 nitrogen and oxygen atoms in total. The third-order valence-corrected chi connectivity index (χ3v) is 3.79. The molecule has 2 heteroatoms. The summed E-state index contributed by atoms with van der Waals surface area (Å²) in [6.07, 6.45) is 1.33. The van der Waals surface area contributed by atoms with Crippen molar-refractivity contribution in [2.75, 3.05) is 0 Å². The second-order valence-electron chi connectivity index (χ2n) is 5.03. The Morgan fingerprint density at radius 3 is 1.81 bits per heavy atom. The molecule has 0 atom stereocenters. The highest BCUT2D eigenvalue weighted by Crippen LogP contribution is 2.51. The quantitative estimate of drug-likeness (QED) is 0.697. The molecule has 88 valence electrons. The van der Waals surface area contributed by atoms with Crippen LogP contribution in [-0.2, 0) is 5.92 Å². The molecule has 1 aromatic carbocycles. The van der Waals surface area contributed by atoms with E-state index in [1.165, 1.54) is 0 Å². The van der Waals surface area contributed by atoms with Gasteiger partial charge in [-0.25, -0.2) is 8.78 Å². The van der Waals surface area contributed by atoms with Crippen LogP contribution in [0, 0.1) is 33.6 Å². The summed E-state index contributed by atoms with van der Waals surface area (Å²) in [6, 6.07) is 2.00. The second kappa shape index (κ2) is 3.54. The van der Waals surface area contributed by atoms with Crippen LogP contribution in [0.15, 0.2) is 6.07 Å². The summed E-state index contributed by atoms with van der Waals surface area (Å²) in [7, 11) is 0. The highest BCUT2D eigenvalue weighted by Gasteiger charge is 2.49. The monoisotopic (exact) mass is 224 g/mol. The van der Waals surface area contributed by atoms with Gasteiger partial charge in [0.1, 0.15) is 0 Å². The van der Waals surface area contributed by atoms with E-state index in [1.54, 1.807) is 0 Å². The highest BCUT2D eigenvalue weighted by atomic mass is 19.3. The summed E-state index contributed by atoms with van der Waals surface area (Å²) >= 11 is 0. The Morgan fingerprint density at radius 1 is 1.00 bits per heavy atom. The first kappa shape index (κ1) is 11.6. The largest absolute Gasteiger partial charge is 0.276 e. The van der Waals surface area contributed by atoms with Crippen LogP contribution in [0.1, 0.15) is 40.7 Å². The van der Waals surface area contributed by atoms with Gasteiger partial charge in [-0.1, -0.05) is 6.07 Å². The van der Waals surface area contributed by atoms with Crippen LogP contribution < -0.4 is 0 Å². The summed E-state index contributed by atoms with van der Waals surface area (Å²) in [4.78, 5) is 0. The highest BCUT2D eigenvalue weighted by molar-refractivity contribution is 5.46. The van der Waals surface area contributed by atoms with Crippen molar-refractivity contribution in [2.24, 2.45) is 5.92 Å². The first-order chi connectivity index (χ1) is 7.35. The summed E-state index contributed by atoms with van der Waals surface area (Å²) in [5.74, 6) is -3.06. The molecule has 1 aliphatic rings. The predicted octanol–water partition coefficient (Wildman–Crippen LogP) is 4.42. The average molecular weight is 224 g/mol. The number of hydrogen-bond donors (Lipinski definition) is 0. The van der Waals surface area contributed by atoms with Crippen LogP contribution in [0.5, 0.6) is 0 Å². The van der Waals surface area contributed by atoms with Gasteiger partial charge in [-0.2, -0.15) is 0 Å². The van der Waals surface area contributed by atoms with Gasteiger partial charge >= 0.3 is 0 Å². The first-order valence-corrected chi connectivity index (χ1v) is 5.81. The maximum Gasteiger partial charge on any atom is 0.276 e. The predicted molar refractivity (Wildman–Crippen MR) is 62.0 cm³/mol. The molecule has 1 aromatic rings. The molecule has 0 radical (unpaired) electrons. The van der Waals surface area contributed by atoms with E-state index in [2.05, 4.69) is 0 Å². The lowest BCUT2D eigenvalue weighted by molar-refractivity contribution is -0.0298. The minimum Gasteiger partial charge on any atom is -0.201 e. The van der Waals surface area contributed by atoms with Gasteiger partial charge in [0.2, 0.25) is 0 Å². The zero-order valence-electron chi connectivity index (χ0n) is 10.3. The SMILES string of the molecule is Cc1cc(C)c(C)c(C(F)(F)C2CC2)c1C. The molecular formula is C14H18F2. The average Bonchev–Trinajstić information content (AvgIpc) is 2.98. The van der Waals surface area contributed by atoms with Crippen molar-refractivity contribution < 1.29 is 8.78 Å². The Hall–Kier alpha value is -0.920. The smallest absolute Gasteiger partial charge is 0.201 e. The summed E-state index contributed by atoms with van der Waals surface area (Å²) in [6.45, 7) is 7.45. The van der Waals surface area contributed by atoms with E-state index in [1.807, 2.05) is 33.8 Å². The molecule has 0 bridgehead atoms. The number of benzene rings is 1. The number of rotatable bonds is 2. The van der Waals surface area contributed by atoms with E-state index < -0.39 is 11.8 Å². The van der Waals surface area contributed by atoms with Crippen molar-refractivity contribution in [3.05, 3.63) is 33.9 Å². The molecule has 16 heavy (non-hydrogen) atoms. The molecule has 0 unspecified atom stereocenters. The third kappa shape index (κ3) is 1.64. The van der Waals surface area contributed by atoms with Crippen LogP contribution in [0.3, 0.4) is 0 Å². The Balaban J connectivity index is 2.62. The zero-order chi connectivity index (χ0) is 12.1. The van der Waals surface area contributed by atoms with Gasteiger partial charge in [0.15, 0.2) is 0 Å². The van der Waals surface area contributed by atoms with E-state index in [0.717, 1.165) is 22.3 Å². The van der Waals surface area contributed by atoms with Crippen molar-refractivity contribution in [3.63, 3.8) is 0 Å². The minimum absolute atomic E-state index is 0.285. The van der Waals surface area contributed by atoms with Gasteiger partial charge < -0.3 is 0 Å². The van der Waals surface area contributed by atoms with Crippen LogP contribution in [-0.4, -0.2) is 0 Å². The van der Waals surface area contributed by atoms with Gasteiger partial charge in [0.25, 0.3) is 5.92 Å². The standard InChI is InChI=1S/C14H18F2/c1-8-7-9(2)11(4)13(10(8)3)14(15,16)12-5-6-12/h7,12H,5-6H2,1-4H3. The van der Waals surface area contributed by atoms with Crippen molar-refractivity contribution in [1.29, 1.82) is 0 Å². The van der Waals surface area contributed by atoms with Crippen LogP contribution >= 0.6 is 0 Å². The lowest BCUT2D eigenvalue weighted by Gasteiger charge is -2.23. The third-order valence-electron chi connectivity index (χ3n) is 3.79. The van der Waals surface area contributed by atoms with E-state index in [-0.39, 0.29) is 5.56 Å². The Morgan fingerprint density at radius 2 is 1.44 bits per heavy atom. The van der Waals surface area contributed by atoms with Crippen molar-refractivity contribution in [1.82, 2.24) is 0 Å². The van der Waals surface area contributed by atoms with Gasteiger partial charge in [-0.15, -0.1) is 0 Å². The molecule has 0 amide bonds. The zero-order valence-corrected chi connectivity index (χ0v) is 10.3. The maximum atomic E-state index is 14.2. The molecular weight excluding hydrogens is 206 g/mol. The van der Waals surface area contributed by atoms with E-state index in [0.29, 0.717) is 12.8 Å². The van der Waals surface area contributed by atoms with Gasteiger partial charge in [0.05, 0.1) is 0 Å². The number of aryl methyl sites for hydroxylation is 2. The minimum atomic E-state index is -2.63. The fourth-order valence-electron chi connectivity index (χ4n) is 2.37. The van der Waals surface area contributed by atoms with Gasteiger partial charge in [0, 0.05) is 11.5 Å². The molecule has 0 heterocycles. The Bertz CT molecular complexity index is 403. The lowest BCUT2D eigenvalue weighted by atomic mass is 9.88. The maximum absolute atomic E-state index is 14.2. The molecule has 0 saturated heterocycles. The number of alkyl halides is 2. The number of halogens is 2. The molecule has 0 aliphatic heterocycles. The van der Waals surface area contributed by atoms with Crippen molar-refractivity contribution in [3.8, 4) is 0 Å². The first-order valence-electron chi connectivity index (χ1n) is 5.81. The van der Waals surface area contributed by atoms with E-state index >= 15 is 0 Å². The van der Waals surface area contributed by atoms with Crippen LogP contribution in [0.25, 0.3) is 0 Å². The summed E-state index contributed by atoms with van der Waals surface area (Å²) in [5.41, 5.74) is 3.75. The topological polar surface area (TPSA) is 0 Å². The van der Waals surface area contributed by atoms with Crippen molar-refractivity contribution >= 4 is 0 Å². The molecule has 1 aliphatic carbocycles. The Labute approximate surface area is 95.7 Å². The fourth-order valence-corrected chi connectivity index (χ4v) is 2.37. The molecule has 0 spiro atoms. The Kier molecular flexibility index (Phi) is 2.56. The number of hydrogen-bond acceptors (Lipinski definition) is 0. The van der Waals surface area contributed by atoms with E-state index in [4.69, 9.17) is 0 Å². The van der Waals surface area contributed by atoms with Gasteiger partial charge in [-0.05, 0) is 62.8 Å².